The number of aliphatic hydroxyl groups is 1. The molecule has 2 unspecified atom stereocenters. The largest absolute Gasteiger partial charge is 0.472 e. The standard InChI is InChI=1S/C84H164O17P2/c1-8-9-10-11-41-51-58-65-81(86)94-71-79(100-84(89)68-61-54-47-40-34-28-31-37-44-50-57-64-77(6)7)73-98-102(90,91)96-69-78(85)70-97-103(92,93)99-74-80(101-83(88)67-60-53-46-39-33-27-23-19-15-13-17-21-25-30-36-43-49-56-63-76(4)5)72-95-82(87)66-59-52-45-38-32-26-22-18-14-12-16-20-24-29-35-42-48-55-62-75(2)3/h75-80,85H,8-74H2,1-7H3,(H,90,91)(H,92,93)/t78-,79+,80+/m0/s1. The number of esters is 4. The van der Waals surface area contributed by atoms with E-state index in [0.29, 0.717) is 25.7 Å². The minimum atomic E-state index is -4.96. The van der Waals surface area contributed by atoms with E-state index < -0.39 is 97.5 Å². The van der Waals surface area contributed by atoms with E-state index in [4.69, 9.17) is 37.0 Å². The minimum absolute atomic E-state index is 0.106. The molecule has 19 heteroatoms. The summed E-state index contributed by atoms with van der Waals surface area (Å²) in [5.74, 6) is 0.296. The number of hydrogen-bond acceptors (Lipinski definition) is 15. The maximum atomic E-state index is 13.1. The summed E-state index contributed by atoms with van der Waals surface area (Å²) >= 11 is 0. The molecular formula is C84H164O17P2. The van der Waals surface area contributed by atoms with Crippen LogP contribution in [0, 0.1) is 17.8 Å². The van der Waals surface area contributed by atoms with E-state index in [9.17, 15) is 43.2 Å². The van der Waals surface area contributed by atoms with Crippen molar-refractivity contribution < 1.29 is 80.2 Å². The molecule has 3 N–H and O–H groups in total. The summed E-state index contributed by atoms with van der Waals surface area (Å²) in [6.45, 7) is 12.0. The first-order chi connectivity index (χ1) is 49.7. The van der Waals surface area contributed by atoms with Crippen molar-refractivity contribution in [3.05, 3.63) is 0 Å². The Morgan fingerprint density at radius 1 is 0.262 bits per heavy atom. The molecule has 0 bridgehead atoms. The summed E-state index contributed by atoms with van der Waals surface area (Å²) in [7, 11) is -9.92. The Morgan fingerprint density at radius 2 is 0.447 bits per heavy atom. The predicted molar refractivity (Wildman–Crippen MR) is 423 cm³/mol. The second kappa shape index (κ2) is 74.2. The lowest BCUT2D eigenvalue weighted by Crippen LogP contribution is -2.30. The first-order valence-electron chi connectivity index (χ1n) is 43.3. The summed E-state index contributed by atoms with van der Waals surface area (Å²) in [5.41, 5.74) is 0. The number of aliphatic hydroxyl groups excluding tert-OH is 1. The molecule has 612 valence electrons. The highest BCUT2D eigenvalue weighted by Gasteiger charge is 2.30. The van der Waals surface area contributed by atoms with Crippen LogP contribution in [0.5, 0.6) is 0 Å². The molecular weight excluding hydrogens is 1340 g/mol. The molecule has 0 aliphatic carbocycles. The van der Waals surface area contributed by atoms with Gasteiger partial charge in [-0.2, -0.15) is 0 Å². The summed E-state index contributed by atoms with van der Waals surface area (Å²) in [5, 5.41) is 10.6. The number of phosphoric ester groups is 2. The van der Waals surface area contributed by atoms with Crippen molar-refractivity contribution in [2.75, 3.05) is 39.6 Å². The molecule has 0 spiro atoms. The average Bonchev–Trinajstić information content (AvgIpc) is 0.921. The zero-order valence-electron chi connectivity index (χ0n) is 67.8. The molecule has 0 saturated carbocycles. The van der Waals surface area contributed by atoms with Gasteiger partial charge in [0.25, 0.3) is 0 Å². The lowest BCUT2D eigenvalue weighted by molar-refractivity contribution is -0.161. The molecule has 0 saturated heterocycles. The molecule has 0 aliphatic heterocycles. The molecule has 0 aromatic heterocycles. The lowest BCUT2D eigenvalue weighted by atomic mass is 10.0. The number of unbranched alkanes of at least 4 members (excludes halogenated alkanes) is 50. The van der Waals surface area contributed by atoms with E-state index in [2.05, 4.69) is 48.5 Å². The third kappa shape index (κ3) is 78.0. The van der Waals surface area contributed by atoms with Gasteiger partial charge in [0.2, 0.25) is 0 Å². The molecule has 0 heterocycles. The third-order valence-electron chi connectivity index (χ3n) is 19.6. The first-order valence-corrected chi connectivity index (χ1v) is 46.3. The van der Waals surface area contributed by atoms with Gasteiger partial charge in [0.15, 0.2) is 12.2 Å². The molecule has 5 atom stereocenters. The molecule has 103 heavy (non-hydrogen) atoms. The fourth-order valence-electron chi connectivity index (χ4n) is 13.0. The van der Waals surface area contributed by atoms with Gasteiger partial charge in [-0.1, -0.05) is 389 Å². The first kappa shape index (κ1) is 101. The monoisotopic (exact) mass is 1510 g/mol. The average molecular weight is 1510 g/mol. The predicted octanol–water partition coefficient (Wildman–Crippen LogP) is 25.3. The van der Waals surface area contributed by atoms with Crippen molar-refractivity contribution in [2.45, 2.75) is 458 Å². The Balaban J connectivity index is 5.16. The third-order valence-corrected chi connectivity index (χ3v) is 21.5. The van der Waals surface area contributed by atoms with Crippen molar-refractivity contribution >= 4 is 39.5 Å². The molecule has 0 aromatic carbocycles. The summed E-state index contributed by atoms with van der Waals surface area (Å²) in [6, 6.07) is 0. The van der Waals surface area contributed by atoms with Crippen LogP contribution in [-0.2, 0) is 65.4 Å². The van der Waals surface area contributed by atoms with Crippen LogP contribution in [0.25, 0.3) is 0 Å². The van der Waals surface area contributed by atoms with Gasteiger partial charge in [-0.3, -0.25) is 37.3 Å². The topological polar surface area (TPSA) is 237 Å². The molecule has 0 rings (SSSR count). The SMILES string of the molecule is CCCCCCCCCC(=O)OC[C@H](COP(=O)(O)OC[C@H](O)COP(=O)(O)OC[C@@H](COC(=O)CCCCCCCCCCCCCCCCCCCCC(C)C)OC(=O)CCCCCCCCCCCCCCCCCCCCC(C)C)OC(=O)CCCCCCCCCCCCCC(C)C. The highest BCUT2D eigenvalue weighted by molar-refractivity contribution is 7.47. The molecule has 17 nitrogen and oxygen atoms in total. The van der Waals surface area contributed by atoms with Gasteiger partial charge < -0.3 is 33.8 Å². The normalized spacial score (nSPS) is 13.9. The van der Waals surface area contributed by atoms with Crippen LogP contribution < -0.4 is 0 Å². The van der Waals surface area contributed by atoms with E-state index in [1.165, 1.54) is 238 Å². The van der Waals surface area contributed by atoms with Crippen molar-refractivity contribution in [2.24, 2.45) is 17.8 Å². The van der Waals surface area contributed by atoms with Crippen molar-refractivity contribution in [3.63, 3.8) is 0 Å². The zero-order chi connectivity index (χ0) is 75.8. The van der Waals surface area contributed by atoms with Gasteiger partial charge in [-0.25, -0.2) is 9.13 Å². The zero-order valence-corrected chi connectivity index (χ0v) is 69.6. The van der Waals surface area contributed by atoms with Crippen LogP contribution >= 0.6 is 15.6 Å². The van der Waals surface area contributed by atoms with Crippen LogP contribution in [0.3, 0.4) is 0 Å². The Kier molecular flexibility index (Phi) is 72.8. The van der Waals surface area contributed by atoms with Gasteiger partial charge in [0.1, 0.15) is 19.3 Å². The molecule has 0 aromatic rings. The quantitative estimate of drug-likeness (QED) is 0.0222. The number of rotatable bonds is 82. The molecule has 0 amide bonds. The second-order valence-electron chi connectivity index (χ2n) is 31.6. The van der Waals surface area contributed by atoms with Gasteiger partial charge in [-0.15, -0.1) is 0 Å². The van der Waals surface area contributed by atoms with Gasteiger partial charge in [0.05, 0.1) is 26.4 Å². The van der Waals surface area contributed by atoms with Gasteiger partial charge in [0, 0.05) is 25.7 Å². The van der Waals surface area contributed by atoms with Crippen LogP contribution in [-0.4, -0.2) is 96.7 Å². The van der Waals surface area contributed by atoms with E-state index >= 15 is 0 Å². The Morgan fingerprint density at radius 3 is 0.660 bits per heavy atom. The molecule has 0 fully saturated rings. The Labute approximate surface area is 632 Å². The van der Waals surface area contributed by atoms with E-state index in [1.807, 2.05) is 0 Å². The van der Waals surface area contributed by atoms with E-state index in [-0.39, 0.29) is 25.7 Å². The molecule has 0 aliphatic rings. The smallest absolute Gasteiger partial charge is 0.462 e. The minimum Gasteiger partial charge on any atom is -0.462 e. The van der Waals surface area contributed by atoms with Crippen LogP contribution in [0.1, 0.15) is 440 Å². The Hall–Kier alpha value is -1.94. The number of hydrogen-bond donors (Lipinski definition) is 3. The van der Waals surface area contributed by atoms with Crippen molar-refractivity contribution in [3.8, 4) is 0 Å². The van der Waals surface area contributed by atoms with E-state index in [1.54, 1.807) is 0 Å². The number of ether oxygens (including phenoxy) is 4. The van der Waals surface area contributed by atoms with Crippen LogP contribution in [0.4, 0.5) is 0 Å². The Bertz CT molecular complexity index is 1990. The molecule has 0 radical (unpaired) electrons. The summed E-state index contributed by atoms with van der Waals surface area (Å²) in [6.07, 6.45) is 64.1. The highest BCUT2D eigenvalue weighted by Crippen LogP contribution is 2.45. The number of carbonyl (C=O) groups is 4. The number of phosphoric acid groups is 2. The second-order valence-corrected chi connectivity index (χ2v) is 34.6. The maximum absolute atomic E-state index is 13.1. The fourth-order valence-corrected chi connectivity index (χ4v) is 14.6. The fraction of sp³-hybridized carbons (Fsp3) is 0.952. The highest BCUT2D eigenvalue weighted by atomic mass is 31.2. The summed E-state index contributed by atoms with van der Waals surface area (Å²) < 4.78 is 68.7. The van der Waals surface area contributed by atoms with Gasteiger partial charge >= 0.3 is 39.5 Å². The van der Waals surface area contributed by atoms with Crippen LogP contribution in [0.15, 0.2) is 0 Å². The van der Waals surface area contributed by atoms with Gasteiger partial charge in [-0.05, 0) is 43.4 Å². The number of carbonyl (C=O) groups excluding carboxylic acids is 4. The van der Waals surface area contributed by atoms with Crippen molar-refractivity contribution in [1.82, 2.24) is 0 Å². The lowest BCUT2D eigenvalue weighted by Gasteiger charge is -2.21. The van der Waals surface area contributed by atoms with E-state index in [0.717, 1.165) is 120 Å². The van der Waals surface area contributed by atoms with Crippen molar-refractivity contribution in [1.29, 1.82) is 0 Å². The van der Waals surface area contributed by atoms with Crippen LogP contribution in [0.2, 0.25) is 0 Å². The maximum Gasteiger partial charge on any atom is 0.472 e. The summed E-state index contributed by atoms with van der Waals surface area (Å²) in [4.78, 5) is 73.0.